The number of amides is 1. The summed E-state index contributed by atoms with van der Waals surface area (Å²) in [6, 6.07) is 0.281. The van der Waals surface area contributed by atoms with Crippen molar-refractivity contribution in [2.75, 3.05) is 20.1 Å². The Balaban J connectivity index is 2.47. The van der Waals surface area contributed by atoms with Crippen molar-refractivity contribution in [1.82, 2.24) is 10.2 Å². The van der Waals surface area contributed by atoms with E-state index in [1.807, 2.05) is 13.8 Å². The smallest absolute Gasteiger partial charge is 0.240 e. The summed E-state index contributed by atoms with van der Waals surface area (Å²) in [5, 5.41) is 3.05. The molecule has 1 heterocycles. The second-order valence-corrected chi connectivity index (χ2v) is 4.58. The first-order valence-electron chi connectivity index (χ1n) is 5.80. The van der Waals surface area contributed by atoms with Crippen LogP contribution in [0.1, 0.15) is 33.1 Å². The molecule has 0 radical (unpaired) electrons. The molecular formula is C11H23N3O. The molecule has 1 rings (SSSR count). The van der Waals surface area contributed by atoms with Gasteiger partial charge in [-0.05, 0) is 32.9 Å². The van der Waals surface area contributed by atoms with Crippen LogP contribution in [0.25, 0.3) is 0 Å². The lowest BCUT2D eigenvalue weighted by atomic mass is 9.93. The fraction of sp³-hybridized carbons (Fsp3) is 0.909. The minimum atomic E-state index is -0.679. The van der Waals surface area contributed by atoms with Gasteiger partial charge in [0, 0.05) is 12.6 Å². The molecule has 1 amide bonds. The Kier molecular flexibility index (Phi) is 4.11. The van der Waals surface area contributed by atoms with Crippen LogP contribution in [0.3, 0.4) is 0 Å². The maximum absolute atomic E-state index is 11.9. The highest BCUT2D eigenvalue weighted by atomic mass is 16.2. The van der Waals surface area contributed by atoms with Gasteiger partial charge in [0.15, 0.2) is 0 Å². The maximum Gasteiger partial charge on any atom is 0.240 e. The van der Waals surface area contributed by atoms with E-state index in [0.29, 0.717) is 12.8 Å². The topological polar surface area (TPSA) is 58.4 Å². The van der Waals surface area contributed by atoms with Crippen molar-refractivity contribution in [3.8, 4) is 0 Å². The van der Waals surface area contributed by atoms with Crippen molar-refractivity contribution in [3.05, 3.63) is 0 Å². The number of likely N-dealkylation sites (tertiary alicyclic amines) is 1. The van der Waals surface area contributed by atoms with Crippen molar-refractivity contribution < 1.29 is 4.79 Å². The molecule has 15 heavy (non-hydrogen) atoms. The summed E-state index contributed by atoms with van der Waals surface area (Å²) in [4.78, 5) is 14.2. The van der Waals surface area contributed by atoms with E-state index in [4.69, 9.17) is 5.73 Å². The molecule has 0 aromatic heterocycles. The van der Waals surface area contributed by atoms with Crippen LogP contribution >= 0.6 is 0 Å². The zero-order chi connectivity index (χ0) is 11.5. The fourth-order valence-corrected chi connectivity index (χ4v) is 1.95. The molecule has 0 aromatic carbocycles. The molecule has 1 fully saturated rings. The second kappa shape index (κ2) is 4.94. The van der Waals surface area contributed by atoms with Crippen LogP contribution in [-0.4, -0.2) is 42.5 Å². The second-order valence-electron chi connectivity index (χ2n) is 4.58. The van der Waals surface area contributed by atoms with E-state index in [2.05, 4.69) is 17.3 Å². The molecule has 1 aliphatic heterocycles. The van der Waals surface area contributed by atoms with Crippen LogP contribution in [0.5, 0.6) is 0 Å². The van der Waals surface area contributed by atoms with Gasteiger partial charge in [-0.3, -0.25) is 4.79 Å². The molecule has 0 spiro atoms. The van der Waals surface area contributed by atoms with Gasteiger partial charge < -0.3 is 16.0 Å². The highest BCUT2D eigenvalue weighted by molar-refractivity contribution is 5.86. The molecule has 0 aliphatic carbocycles. The summed E-state index contributed by atoms with van der Waals surface area (Å²) >= 11 is 0. The van der Waals surface area contributed by atoms with Gasteiger partial charge in [0.2, 0.25) is 5.91 Å². The highest BCUT2D eigenvalue weighted by Gasteiger charge is 2.32. The summed E-state index contributed by atoms with van der Waals surface area (Å²) in [5.74, 6) is 0.00722. The largest absolute Gasteiger partial charge is 0.350 e. The van der Waals surface area contributed by atoms with Crippen molar-refractivity contribution in [2.24, 2.45) is 5.73 Å². The van der Waals surface area contributed by atoms with Gasteiger partial charge in [0.05, 0.1) is 5.54 Å². The molecule has 88 valence electrons. The van der Waals surface area contributed by atoms with Crippen molar-refractivity contribution >= 4 is 5.91 Å². The van der Waals surface area contributed by atoms with Crippen LogP contribution in [0.2, 0.25) is 0 Å². The number of carbonyl (C=O) groups excluding carboxylic acids is 1. The number of likely N-dealkylation sites (N-methyl/N-ethyl adjacent to an activating group) is 1. The third-order valence-electron chi connectivity index (χ3n) is 3.44. The number of nitrogens with zero attached hydrogens (tertiary/aromatic N) is 1. The highest BCUT2D eigenvalue weighted by Crippen LogP contribution is 2.13. The predicted octanol–water partition coefficient (Wildman–Crippen LogP) is 0.324. The van der Waals surface area contributed by atoms with Gasteiger partial charge in [-0.2, -0.15) is 0 Å². The Hall–Kier alpha value is -0.610. The number of nitrogens with one attached hydrogen (secondary N) is 1. The van der Waals surface area contributed by atoms with Gasteiger partial charge in [-0.15, -0.1) is 0 Å². The predicted molar refractivity (Wildman–Crippen MR) is 61.5 cm³/mol. The molecule has 1 saturated heterocycles. The van der Waals surface area contributed by atoms with Crippen LogP contribution in [0.4, 0.5) is 0 Å². The third kappa shape index (κ3) is 2.92. The van der Waals surface area contributed by atoms with Gasteiger partial charge in [-0.1, -0.05) is 13.8 Å². The van der Waals surface area contributed by atoms with E-state index in [1.165, 1.54) is 0 Å². The van der Waals surface area contributed by atoms with Crippen LogP contribution in [-0.2, 0) is 4.79 Å². The van der Waals surface area contributed by atoms with E-state index in [9.17, 15) is 4.79 Å². The first kappa shape index (κ1) is 12.5. The molecule has 4 nitrogen and oxygen atoms in total. The third-order valence-corrected chi connectivity index (χ3v) is 3.44. The minimum absolute atomic E-state index is 0.00722. The van der Waals surface area contributed by atoms with E-state index in [-0.39, 0.29) is 11.9 Å². The lowest BCUT2D eigenvalue weighted by Crippen LogP contribution is -2.55. The van der Waals surface area contributed by atoms with E-state index < -0.39 is 5.54 Å². The summed E-state index contributed by atoms with van der Waals surface area (Å²) in [7, 11) is 2.07. The zero-order valence-corrected chi connectivity index (χ0v) is 10.0. The molecule has 1 atom stereocenters. The molecular weight excluding hydrogens is 190 g/mol. The summed E-state index contributed by atoms with van der Waals surface area (Å²) in [6.07, 6.45) is 2.42. The van der Waals surface area contributed by atoms with Crippen LogP contribution in [0.15, 0.2) is 0 Å². The number of carbonyl (C=O) groups is 1. The van der Waals surface area contributed by atoms with Crippen LogP contribution in [0, 0.1) is 0 Å². The number of nitrogens with two attached hydrogens (primary N) is 1. The van der Waals surface area contributed by atoms with E-state index in [1.54, 1.807) is 0 Å². The number of rotatable bonds is 4. The number of hydrogen-bond acceptors (Lipinski definition) is 3. The van der Waals surface area contributed by atoms with E-state index >= 15 is 0 Å². The molecule has 1 unspecified atom stereocenters. The molecule has 0 aromatic rings. The fourth-order valence-electron chi connectivity index (χ4n) is 1.95. The molecule has 1 aliphatic rings. The average Bonchev–Trinajstić information content (AvgIpc) is 2.62. The molecule has 0 bridgehead atoms. The lowest BCUT2D eigenvalue weighted by Gasteiger charge is -2.27. The molecule has 0 saturated carbocycles. The average molecular weight is 213 g/mol. The Morgan fingerprint density at radius 2 is 2.13 bits per heavy atom. The summed E-state index contributed by atoms with van der Waals surface area (Å²) in [5.41, 5.74) is 5.35. The van der Waals surface area contributed by atoms with Gasteiger partial charge in [0.1, 0.15) is 0 Å². The van der Waals surface area contributed by atoms with Crippen LogP contribution < -0.4 is 11.1 Å². The number of hydrogen-bond donors (Lipinski definition) is 2. The lowest BCUT2D eigenvalue weighted by molar-refractivity contribution is -0.127. The minimum Gasteiger partial charge on any atom is -0.350 e. The first-order valence-corrected chi connectivity index (χ1v) is 5.80. The van der Waals surface area contributed by atoms with Gasteiger partial charge in [-0.25, -0.2) is 0 Å². The van der Waals surface area contributed by atoms with Crippen molar-refractivity contribution in [2.45, 2.75) is 44.7 Å². The normalized spacial score (nSPS) is 23.1. The SMILES string of the molecule is CCC(N)(CC)C(=O)NC1CCN(C)C1. The Bertz CT molecular complexity index is 226. The molecule has 3 N–H and O–H groups in total. The van der Waals surface area contributed by atoms with Crippen molar-refractivity contribution in [1.29, 1.82) is 0 Å². The first-order chi connectivity index (χ1) is 7.01. The summed E-state index contributed by atoms with van der Waals surface area (Å²) in [6.45, 7) is 5.92. The van der Waals surface area contributed by atoms with Gasteiger partial charge in [0.25, 0.3) is 0 Å². The van der Waals surface area contributed by atoms with E-state index in [0.717, 1.165) is 19.5 Å². The summed E-state index contributed by atoms with van der Waals surface area (Å²) < 4.78 is 0. The Labute approximate surface area is 92.2 Å². The quantitative estimate of drug-likeness (QED) is 0.707. The van der Waals surface area contributed by atoms with Gasteiger partial charge >= 0.3 is 0 Å². The zero-order valence-electron chi connectivity index (χ0n) is 10.0. The Morgan fingerprint density at radius 1 is 1.53 bits per heavy atom. The molecule has 4 heteroatoms. The standard InChI is InChI=1S/C11H23N3O/c1-4-11(12,5-2)10(15)13-9-6-7-14(3)8-9/h9H,4-8,12H2,1-3H3,(H,13,15). The maximum atomic E-state index is 11.9. The van der Waals surface area contributed by atoms with Crippen molar-refractivity contribution in [3.63, 3.8) is 0 Å². The Morgan fingerprint density at radius 3 is 2.53 bits per heavy atom. The monoisotopic (exact) mass is 213 g/mol.